The van der Waals surface area contributed by atoms with E-state index in [-0.39, 0.29) is 24.8 Å². The summed E-state index contributed by atoms with van der Waals surface area (Å²) in [6.07, 6.45) is -0.547. The molecule has 2 aromatic carbocycles. The van der Waals surface area contributed by atoms with E-state index < -0.39 is 11.7 Å². The van der Waals surface area contributed by atoms with Gasteiger partial charge in [-0.3, -0.25) is 4.79 Å². The second-order valence-corrected chi connectivity index (χ2v) is 8.81. The van der Waals surface area contributed by atoms with Crippen molar-refractivity contribution in [2.75, 3.05) is 13.2 Å². The number of phenolic OH excluding ortho intramolecular Hbond substituents is 1. The van der Waals surface area contributed by atoms with Crippen molar-refractivity contribution in [3.8, 4) is 17.0 Å². The normalized spacial score (nSPS) is 13.3. The number of aromatic nitrogens is 1. The Balaban J connectivity index is 1.90. The van der Waals surface area contributed by atoms with Crippen molar-refractivity contribution in [3.05, 3.63) is 53.1 Å². The van der Waals surface area contributed by atoms with Crippen LogP contribution >= 0.6 is 0 Å². The van der Waals surface area contributed by atoms with Crippen molar-refractivity contribution >= 4 is 22.9 Å². The first-order valence-corrected chi connectivity index (χ1v) is 10.5. The van der Waals surface area contributed by atoms with Gasteiger partial charge in [0.15, 0.2) is 0 Å². The maximum absolute atomic E-state index is 13.2. The molecule has 0 saturated heterocycles. The van der Waals surface area contributed by atoms with Crippen molar-refractivity contribution in [3.63, 3.8) is 0 Å². The highest BCUT2D eigenvalue weighted by Gasteiger charge is 2.30. The van der Waals surface area contributed by atoms with Crippen molar-refractivity contribution in [2.45, 2.75) is 39.5 Å². The van der Waals surface area contributed by atoms with E-state index >= 15 is 0 Å². The number of hydrogen-bond donors (Lipinski definition) is 4. The van der Waals surface area contributed by atoms with Gasteiger partial charge < -0.3 is 25.6 Å². The third kappa shape index (κ3) is 4.06. The lowest BCUT2D eigenvalue weighted by molar-refractivity contribution is 0.0547. The molecule has 1 aromatic heterocycles. The lowest BCUT2D eigenvalue weighted by Gasteiger charge is -2.21. The van der Waals surface area contributed by atoms with E-state index in [1.54, 1.807) is 26.8 Å². The number of hydrogen-bond acceptors (Lipinski definition) is 6. The number of rotatable bonds is 5. The van der Waals surface area contributed by atoms with Gasteiger partial charge in [-0.15, -0.1) is 0 Å². The van der Waals surface area contributed by atoms with Gasteiger partial charge in [0, 0.05) is 36.1 Å². The fourth-order valence-electron chi connectivity index (χ4n) is 3.93. The Morgan fingerprint density at radius 3 is 2.72 bits per heavy atom. The van der Waals surface area contributed by atoms with Gasteiger partial charge in [0.05, 0.1) is 23.4 Å². The summed E-state index contributed by atoms with van der Waals surface area (Å²) in [5.74, 6) is -0.250. The molecule has 4 N–H and O–H groups in total. The molecule has 0 bridgehead atoms. The lowest BCUT2D eigenvalue weighted by atomic mass is 9.99. The zero-order valence-corrected chi connectivity index (χ0v) is 18.4. The summed E-state index contributed by atoms with van der Waals surface area (Å²) in [5, 5.41) is 25.9. The lowest BCUT2D eigenvalue weighted by Crippen LogP contribution is -2.27. The summed E-state index contributed by atoms with van der Waals surface area (Å²) in [5.41, 5.74) is 2.89. The molecule has 0 fully saturated rings. The molecule has 0 aliphatic carbocycles. The van der Waals surface area contributed by atoms with E-state index in [4.69, 9.17) is 9.84 Å². The summed E-state index contributed by atoms with van der Waals surface area (Å²) in [4.78, 5) is 25.8. The molecule has 32 heavy (non-hydrogen) atoms. The van der Waals surface area contributed by atoms with Crippen LogP contribution in [0.1, 0.15) is 42.3 Å². The van der Waals surface area contributed by atoms with Crippen LogP contribution in [0.15, 0.2) is 36.4 Å². The number of ether oxygens (including phenoxy) is 1. The molecule has 4 rings (SSSR count). The molecule has 168 valence electrons. The molecule has 0 spiro atoms. The van der Waals surface area contributed by atoms with E-state index in [1.165, 1.54) is 10.6 Å². The van der Waals surface area contributed by atoms with Crippen LogP contribution in [0.25, 0.3) is 22.2 Å². The van der Waals surface area contributed by atoms with E-state index in [9.17, 15) is 14.7 Å². The molecule has 0 atom stereocenters. The first-order chi connectivity index (χ1) is 15.2. The molecule has 0 unspecified atom stereocenters. The average molecular weight is 437 g/mol. The van der Waals surface area contributed by atoms with Gasteiger partial charge in [-0.25, -0.2) is 9.36 Å². The number of nitrogens with zero attached hydrogens (tertiary/aromatic N) is 1. The topological polar surface area (TPSA) is 113 Å². The van der Waals surface area contributed by atoms with Crippen LogP contribution in [0, 0.1) is 0 Å². The minimum absolute atomic E-state index is 0.0410. The molecule has 0 radical (unpaired) electrons. The van der Waals surface area contributed by atoms with Crippen LogP contribution in [-0.4, -0.2) is 45.5 Å². The predicted octanol–water partition coefficient (Wildman–Crippen LogP) is 3.12. The van der Waals surface area contributed by atoms with Crippen molar-refractivity contribution < 1.29 is 24.5 Å². The summed E-state index contributed by atoms with van der Waals surface area (Å²) in [6.45, 7) is 6.74. The fourth-order valence-corrected chi connectivity index (χ4v) is 3.93. The highest BCUT2D eigenvalue weighted by molar-refractivity contribution is 6.07. The second-order valence-electron chi connectivity index (χ2n) is 8.81. The van der Waals surface area contributed by atoms with Crippen LogP contribution < -0.4 is 10.6 Å². The number of aromatic hydroxyl groups is 1. The number of benzene rings is 2. The van der Waals surface area contributed by atoms with Gasteiger partial charge in [-0.2, -0.15) is 0 Å². The molecule has 0 saturated carbocycles. The van der Waals surface area contributed by atoms with Crippen molar-refractivity contribution in [1.29, 1.82) is 0 Å². The molecule has 8 heteroatoms. The largest absolute Gasteiger partial charge is 0.508 e. The first-order valence-electron chi connectivity index (χ1n) is 10.5. The average Bonchev–Trinajstić information content (AvgIpc) is 3.29. The number of nitrogens with one attached hydrogen (secondary N) is 2. The van der Waals surface area contributed by atoms with Crippen LogP contribution in [0.5, 0.6) is 5.75 Å². The Bertz CT molecular complexity index is 1210. The summed E-state index contributed by atoms with van der Waals surface area (Å²) >= 11 is 0. The van der Waals surface area contributed by atoms with E-state index in [0.717, 1.165) is 10.9 Å². The number of fused-ring (bicyclic) bond motifs is 2. The molecule has 1 amide bonds. The number of phenols is 1. The SMILES string of the molecule is CC(C)(C)OC(=O)n1c(-c2ccc(O)c3c2C(=O)NC3)cc2cc(CNCCO)ccc21. The van der Waals surface area contributed by atoms with Crippen LogP contribution in [0.4, 0.5) is 4.79 Å². The molecular formula is C24H27N3O5. The summed E-state index contributed by atoms with van der Waals surface area (Å²) in [7, 11) is 0. The fraction of sp³-hybridized carbons (Fsp3) is 0.333. The number of carbonyl (C=O) groups is 2. The van der Waals surface area contributed by atoms with Crippen LogP contribution in [0.3, 0.4) is 0 Å². The standard InChI is InChI=1S/C24H27N3O5/c1-24(2,3)32-23(31)27-18-6-4-14(12-25-8-9-28)10-15(18)11-19(27)16-5-7-20(29)17-13-26-22(30)21(16)17/h4-7,10-11,25,28-29H,8-9,12-13H2,1-3H3,(H,26,30). The maximum atomic E-state index is 13.2. The Morgan fingerprint density at radius 2 is 2.00 bits per heavy atom. The van der Waals surface area contributed by atoms with E-state index in [2.05, 4.69) is 10.6 Å². The quantitative estimate of drug-likeness (QED) is 0.456. The van der Waals surface area contributed by atoms with Gasteiger partial charge in [0.1, 0.15) is 11.4 Å². The first kappa shape index (κ1) is 21.9. The molecule has 1 aliphatic rings. The molecule has 1 aliphatic heterocycles. The molecular weight excluding hydrogens is 410 g/mol. The van der Waals surface area contributed by atoms with E-state index in [0.29, 0.717) is 41.0 Å². The number of aliphatic hydroxyl groups is 1. The maximum Gasteiger partial charge on any atom is 0.419 e. The Hall–Kier alpha value is -3.36. The van der Waals surface area contributed by atoms with Gasteiger partial charge in [0.25, 0.3) is 5.91 Å². The number of aliphatic hydroxyl groups excluding tert-OH is 1. The number of amides is 1. The Labute approximate surface area is 185 Å². The Morgan fingerprint density at radius 1 is 1.22 bits per heavy atom. The minimum Gasteiger partial charge on any atom is -0.508 e. The highest BCUT2D eigenvalue weighted by Crippen LogP contribution is 2.37. The summed E-state index contributed by atoms with van der Waals surface area (Å²) in [6, 6.07) is 10.8. The smallest absolute Gasteiger partial charge is 0.419 e. The van der Waals surface area contributed by atoms with Crippen LogP contribution in [-0.2, 0) is 17.8 Å². The third-order valence-electron chi connectivity index (χ3n) is 5.28. The monoisotopic (exact) mass is 437 g/mol. The van der Waals surface area contributed by atoms with Gasteiger partial charge in [-0.1, -0.05) is 6.07 Å². The molecule has 2 heterocycles. The van der Waals surface area contributed by atoms with E-state index in [1.807, 2.05) is 24.3 Å². The third-order valence-corrected chi connectivity index (χ3v) is 5.28. The van der Waals surface area contributed by atoms with Crippen LogP contribution in [0.2, 0.25) is 0 Å². The predicted molar refractivity (Wildman–Crippen MR) is 121 cm³/mol. The van der Waals surface area contributed by atoms with Gasteiger partial charge >= 0.3 is 6.09 Å². The minimum atomic E-state index is -0.701. The highest BCUT2D eigenvalue weighted by atomic mass is 16.6. The Kier molecular flexibility index (Phi) is 5.66. The van der Waals surface area contributed by atoms with Gasteiger partial charge in [0.2, 0.25) is 0 Å². The van der Waals surface area contributed by atoms with Gasteiger partial charge in [-0.05, 0) is 56.7 Å². The van der Waals surface area contributed by atoms with Crippen molar-refractivity contribution in [1.82, 2.24) is 15.2 Å². The summed E-state index contributed by atoms with van der Waals surface area (Å²) < 4.78 is 7.14. The van der Waals surface area contributed by atoms with Crippen molar-refractivity contribution in [2.24, 2.45) is 0 Å². The zero-order chi connectivity index (χ0) is 23.0. The number of carbonyl (C=O) groups excluding carboxylic acids is 2. The molecule has 3 aromatic rings. The second kappa shape index (κ2) is 8.29. The zero-order valence-electron chi connectivity index (χ0n) is 18.4. The molecule has 8 nitrogen and oxygen atoms in total.